The molecule has 0 spiro atoms. The van der Waals surface area contributed by atoms with E-state index in [1.165, 1.54) is 17.3 Å². The minimum Gasteiger partial charge on any atom is -0.484 e. The van der Waals surface area contributed by atoms with Gasteiger partial charge in [0.2, 0.25) is 5.91 Å². The van der Waals surface area contributed by atoms with Gasteiger partial charge in [-0.3, -0.25) is 4.79 Å². The van der Waals surface area contributed by atoms with Gasteiger partial charge in [-0.25, -0.2) is 0 Å². The topological polar surface area (TPSA) is 77.2 Å². The molecule has 0 unspecified atom stereocenters. The second kappa shape index (κ2) is 9.23. The van der Waals surface area contributed by atoms with E-state index >= 15 is 0 Å². The van der Waals surface area contributed by atoms with Crippen LogP contribution < -0.4 is 10.1 Å². The quantitative estimate of drug-likeness (QED) is 0.586. The van der Waals surface area contributed by atoms with Crippen LogP contribution in [0.25, 0.3) is 0 Å². The van der Waals surface area contributed by atoms with Crippen LogP contribution in [-0.4, -0.2) is 21.9 Å². The molecule has 0 radical (unpaired) electrons. The molecule has 1 heterocycles. The molecule has 6 nitrogen and oxygen atoms in total. The van der Waals surface area contributed by atoms with Crippen molar-refractivity contribution in [3.63, 3.8) is 0 Å². The van der Waals surface area contributed by atoms with Gasteiger partial charge in [-0.1, -0.05) is 49.0 Å². The van der Waals surface area contributed by atoms with E-state index in [-0.39, 0.29) is 18.3 Å². The molecular weight excluding hydrogens is 362 g/mol. The Balaban J connectivity index is 1.46. The fraction of sp³-hybridized carbons (Fsp3) is 0.250. The van der Waals surface area contributed by atoms with Gasteiger partial charge < -0.3 is 14.5 Å². The lowest BCUT2D eigenvalue weighted by molar-refractivity contribution is -0.113. The summed E-state index contributed by atoms with van der Waals surface area (Å²) in [5, 5.41) is 11.1. The van der Waals surface area contributed by atoms with Gasteiger partial charge in [0.15, 0.2) is 6.61 Å². The SMILES string of the molecule is CCc1ccc(OCc2nnc(SCC(=O)Nc3ccccc3C)o2)cc1. The van der Waals surface area contributed by atoms with Crippen molar-refractivity contribution in [3.8, 4) is 5.75 Å². The van der Waals surface area contributed by atoms with E-state index in [1.807, 2.05) is 55.5 Å². The Morgan fingerprint density at radius 3 is 2.67 bits per heavy atom. The molecule has 2 aromatic carbocycles. The van der Waals surface area contributed by atoms with Crippen LogP contribution in [0.15, 0.2) is 58.2 Å². The number of carbonyl (C=O) groups excluding carboxylic acids is 1. The summed E-state index contributed by atoms with van der Waals surface area (Å²) in [5.41, 5.74) is 3.07. The molecule has 1 N–H and O–H groups in total. The van der Waals surface area contributed by atoms with Crippen molar-refractivity contribution < 1.29 is 13.9 Å². The van der Waals surface area contributed by atoms with E-state index in [9.17, 15) is 4.79 Å². The number of amides is 1. The molecule has 27 heavy (non-hydrogen) atoms. The number of hydrogen-bond acceptors (Lipinski definition) is 6. The highest BCUT2D eigenvalue weighted by Crippen LogP contribution is 2.19. The largest absolute Gasteiger partial charge is 0.484 e. The summed E-state index contributed by atoms with van der Waals surface area (Å²) in [6.45, 7) is 4.24. The van der Waals surface area contributed by atoms with Crippen molar-refractivity contribution in [2.45, 2.75) is 32.1 Å². The smallest absolute Gasteiger partial charge is 0.277 e. The zero-order chi connectivity index (χ0) is 19.1. The number of para-hydroxylation sites is 1. The second-order valence-corrected chi connectivity index (χ2v) is 6.83. The minimum absolute atomic E-state index is 0.124. The van der Waals surface area contributed by atoms with E-state index in [0.717, 1.165) is 23.4 Å². The number of nitrogens with zero attached hydrogens (tertiary/aromatic N) is 2. The average Bonchev–Trinajstić information content (AvgIpc) is 3.15. The molecule has 0 aliphatic rings. The number of hydrogen-bond donors (Lipinski definition) is 1. The van der Waals surface area contributed by atoms with Crippen LogP contribution in [0.5, 0.6) is 5.75 Å². The van der Waals surface area contributed by atoms with E-state index in [1.54, 1.807) is 0 Å². The Labute approximate surface area is 162 Å². The van der Waals surface area contributed by atoms with E-state index in [0.29, 0.717) is 11.1 Å². The molecule has 0 atom stereocenters. The summed E-state index contributed by atoms with van der Waals surface area (Å²) in [6.07, 6.45) is 0.988. The summed E-state index contributed by atoms with van der Waals surface area (Å²) in [4.78, 5) is 12.1. The fourth-order valence-electron chi connectivity index (χ4n) is 2.35. The first kappa shape index (κ1) is 19.0. The average molecular weight is 383 g/mol. The highest BCUT2D eigenvalue weighted by Gasteiger charge is 2.11. The lowest BCUT2D eigenvalue weighted by Gasteiger charge is -2.06. The molecule has 1 aromatic heterocycles. The predicted octanol–water partition coefficient (Wildman–Crippen LogP) is 4.25. The van der Waals surface area contributed by atoms with Gasteiger partial charge in [-0.05, 0) is 42.7 Å². The Kier molecular flexibility index (Phi) is 6.49. The van der Waals surface area contributed by atoms with Crippen LogP contribution in [0, 0.1) is 6.92 Å². The highest BCUT2D eigenvalue weighted by molar-refractivity contribution is 7.99. The third-order valence-corrected chi connectivity index (χ3v) is 4.71. The molecule has 3 rings (SSSR count). The fourth-order valence-corrected chi connectivity index (χ4v) is 2.93. The lowest BCUT2D eigenvalue weighted by atomic mass is 10.2. The minimum atomic E-state index is -0.124. The molecule has 140 valence electrons. The molecule has 0 aliphatic heterocycles. The normalized spacial score (nSPS) is 10.6. The molecule has 0 fully saturated rings. The number of carbonyl (C=O) groups is 1. The first-order valence-corrected chi connectivity index (χ1v) is 9.65. The first-order chi connectivity index (χ1) is 13.1. The van der Waals surface area contributed by atoms with Gasteiger partial charge in [-0.15, -0.1) is 10.2 Å². The number of benzene rings is 2. The predicted molar refractivity (Wildman–Crippen MR) is 105 cm³/mol. The van der Waals surface area contributed by atoms with Crippen molar-refractivity contribution >= 4 is 23.4 Å². The van der Waals surface area contributed by atoms with Crippen LogP contribution in [0.2, 0.25) is 0 Å². The van der Waals surface area contributed by atoms with Crippen molar-refractivity contribution in [3.05, 3.63) is 65.5 Å². The summed E-state index contributed by atoms with van der Waals surface area (Å²) in [7, 11) is 0. The van der Waals surface area contributed by atoms with Crippen molar-refractivity contribution in [1.82, 2.24) is 10.2 Å². The van der Waals surface area contributed by atoms with Gasteiger partial charge in [0.1, 0.15) is 5.75 Å². The van der Waals surface area contributed by atoms with Crippen LogP contribution in [0.4, 0.5) is 5.69 Å². The van der Waals surface area contributed by atoms with Crippen molar-refractivity contribution in [2.75, 3.05) is 11.1 Å². The Hall–Kier alpha value is -2.80. The second-order valence-electron chi connectivity index (χ2n) is 5.90. The first-order valence-electron chi connectivity index (χ1n) is 8.66. The number of rotatable bonds is 8. The van der Waals surface area contributed by atoms with Gasteiger partial charge in [0, 0.05) is 5.69 Å². The Morgan fingerprint density at radius 2 is 1.93 bits per heavy atom. The van der Waals surface area contributed by atoms with Crippen molar-refractivity contribution in [1.29, 1.82) is 0 Å². The van der Waals surface area contributed by atoms with Crippen LogP contribution in [-0.2, 0) is 17.8 Å². The maximum absolute atomic E-state index is 12.1. The summed E-state index contributed by atoms with van der Waals surface area (Å²) in [6, 6.07) is 15.5. The molecule has 1 amide bonds. The standard InChI is InChI=1S/C20H21N3O3S/c1-3-15-8-10-16(11-9-15)25-12-19-22-23-20(26-19)27-13-18(24)21-17-7-5-4-6-14(17)2/h4-11H,3,12-13H2,1-2H3,(H,21,24). The number of thioether (sulfide) groups is 1. The maximum atomic E-state index is 12.1. The number of anilines is 1. The molecule has 3 aromatic rings. The van der Waals surface area contributed by atoms with E-state index in [2.05, 4.69) is 22.4 Å². The van der Waals surface area contributed by atoms with Gasteiger partial charge >= 0.3 is 0 Å². The van der Waals surface area contributed by atoms with Crippen LogP contribution >= 0.6 is 11.8 Å². The third-order valence-electron chi connectivity index (χ3n) is 3.89. The van der Waals surface area contributed by atoms with Gasteiger partial charge in [0.25, 0.3) is 11.1 Å². The molecule has 0 saturated carbocycles. The number of aromatic nitrogens is 2. The Morgan fingerprint density at radius 1 is 1.15 bits per heavy atom. The molecule has 0 aliphatic carbocycles. The zero-order valence-corrected chi connectivity index (χ0v) is 16.1. The van der Waals surface area contributed by atoms with Crippen molar-refractivity contribution in [2.24, 2.45) is 0 Å². The molecule has 0 bridgehead atoms. The third kappa shape index (κ3) is 5.59. The summed E-state index contributed by atoms with van der Waals surface area (Å²) >= 11 is 1.19. The number of nitrogens with one attached hydrogen (secondary N) is 1. The Bertz CT molecular complexity index is 893. The van der Waals surface area contributed by atoms with Gasteiger partial charge in [0.05, 0.1) is 5.75 Å². The van der Waals surface area contributed by atoms with Crippen LogP contribution in [0.1, 0.15) is 23.9 Å². The molecular formula is C20H21N3O3S. The molecule has 7 heteroatoms. The lowest BCUT2D eigenvalue weighted by Crippen LogP contribution is -2.14. The highest BCUT2D eigenvalue weighted by atomic mass is 32.2. The van der Waals surface area contributed by atoms with E-state index in [4.69, 9.17) is 9.15 Å². The maximum Gasteiger partial charge on any atom is 0.277 e. The van der Waals surface area contributed by atoms with E-state index < -0.39 is 0 Å². The summed E-state index contributed by atoms with van der Waals surface area (Å²) < 4.78 is 11.1. The summed E-state index contributed by atoms with van der Waals surface area (Å²) in [5.74, 6) is 1.19. The monoisotopic (exact) mass is 383 g/mol. The zero-order valence-electron chi connectivity index (χ0n) is 15.3. The number of ether oxygens (including phenoxy) is 1. The van der Waals surface area contributed by atoms with Gasteiger partial charge in [-0.2, -0.15) is 0 Å². The number of aryl methyl sites for hydroxylation is 2. The molecule has 0 saturated heterocycles. The van der Waals surface area contributed by atoms with Crippen LogP contribution in [0.3, 0.4) is 0 Å².